The first-order valence-electron chi connectivity index (χ1n) is 6.07. The van der Waals surface area contributed by atoms with Gasteiger partial charge in [-0.1, -0.05) is 13.3 Å². The first-order valence-corrected chi connectivity index (χ1v) is 6.07. The van der Waals surface area contributed by atoms with E-state index in [2.05, 4.69) is 27.2 Å². The highest BCUT2D eigenvalue weighted by molar-refractivity contribution is 6.06. The van der Waals surface area contributed by atoms with Crippen molar-refractivity contribution >= 4 is 11.7 Å². The van der Waals surface area contributed by atoms with E-state index in [9.17, 15) is 4.79 Å². The number of nitrogens with one attached hydrogen (secondary N) is 2. The van der Waals surface area contributed by atoms with Crippen molar-refractivity contribution < 1.29 is 9.53 Å². The third-order valence-electron chi connectivity index (χ3n) is 2.48. The maximum atomic E-state index is 11.8. The molecule has 18 heavy (non-hydrogen) atoms. The Hall–Kier alpha value is -1.69. The van der Waals surface area contributed by atoms with Crippen LogP contribution in [0.1, 0.15) is 37.2 Å². The fourth-order valence-corrected chi connectivity index (χ4v) is 1.39. The van der Waals surface area contributed by atoms with Crippen LogP contribution in [0.4, 0.5) is 0 Å². The molecular weight excluding hydrogens is 232 g/mol. The summed E-state index contributed by atoms with van der Waals surface area (Å²) in [5.41, 5.74) is 0.400. The van der Waals surface area contributed by atoms with Gasteiger partial charge in [0.15, 0.2) is 0 Å². The van der Waals surface area contributed by atoms with Crippen molar-refractivity contribution in [2.45, 2.75) is 32.8 Å². The summed E-state index contributed by atoms with van der Waals surface area (Å²) in [6.07, 6.45) is 4.76. The highest BCUT2D eigenvalue weighted by Crippen LogP contribution is 1.98. The molecule has 1 rings (SSSR count). The summed E-state index contributed by atoms with van der Waals surface area (Å²) in [5, 5.41) is 2.71. The molecular formula is C12H20N4O2. The molecule has 1 amide bonds. The van der Waals surface area contributed by atoms with Gasteiger partial charge in [-0.3, -0.25) is 9.79 Å². The maximum absolute atomic E-state index is 11.8. The van der Waals surface area contributed by atoms with Gasteiger partial charge in [0.2, 0.25) is 0 Å². The van der Waals surface area contributed by atoms with Gasteiger partial charge in [0, 0.05) is 13.7 Å². The topological polar surface area (TPSA) is 79.4 Å². The first kappa shape index (κ1) is 14.4. The van der Waals surface area contributed by atoms with Crippen molar-refractivity contribution in [2.24, 2.45) is 4.99 Å². The van der Waals surface area contributed by atoms with E-state index in [-0.39, 0.29) is 12.0 Å². The number of amides is 1. The van der Waals surface area contributed by atoms with E-state index in [1.54, 1.807) is 7.05 Å². The molecule has 0 radical (unpaired) electrons. The number of carbonyl (C=O) groups excluding carboxylic acids is 1. The smallest absolute Gasteiger partial charge is 0.274 e. The molecule has 0 aliphatic carbocycles. The van der Waals surface area contributed by atoms with Crippen LogP contribution in [0.25, 0.3) is 0 Å². The molecule has 1 aromatic rings. The van der Waals surface area contributed by atoms with Crippen LogP contribution in [0, 0.1) is 0 Å². The minimum absolute atomic E-state index is 0.228. The number of amidine groups is 1. The van der Waals surface area contributed by atoms with Crippen molar-refractivity contribution in [3.8, 4) is 0 Å². The van der Waals surface area contributed by atoms with Gasteiger partial charge in [0.1, 0.15) is 17.6 Å². The van der Waals surface area contributed by atoms with E-state index in [0.29, 0.717) is 18.1 Å². The van der Waals surface area contributed by atoms with Crippen molar-refractivity contribution in [3.63, 3.8) is 0 Å². The predicted octanol–water partition coefficient (Wildman–Crippen LogP) is 1.37. The molecule has 6 nitrogen and oxygen atoms in total. The number of hydrogen-bond acceptors (Lipinski definition) is 4. The Morgan fingerprint density at radius 2 is 2.44 bits per heavy atom. The van der Waals surface area contributed by atoms with E-state index >= 15 is 0 Å². The molecule has 0 aliphatic heterocycles. The fraction of sp³-hybridized carbons (Fsp3) is 0.583. The monoisotopic (exact) mass is 252 g/mol. The van der Waals surface area contributed by atoms with Crippen molar-refractivity contribution in [3.05, 3.63) is 18.2 Å². The zero-order chi connectivity index (χ0) is 13.4. The zero-order valence-electron chi connectivity index (χ0n) is 11.1. The van der Waals surface area contributed by atoms with E-state index < -0.39 is 0 Å². The summed E-state index contributed by atoms with van der Waals surface area (Å²) in [4.78, 5) is 22.4. The maximum Gasteiger partial charge on any atom is 0.274 e. The van der Waals surface area contributed by atoms with Crippen LogP contribution >= 0.6 is 0 Å². The fourth-order valence-electron chi connectivity index (χ4n) is 1.39. The van der Waals surface area contributed by atoms with Crippen LogP contribution in [0.15, 0.2) is 17.5 Å². The molecule has 6 heteroatoms. The Morgan fingerprint density at radius 1 is 1.67 bits per heavy atom. The predicted molar refractivity (Wildman–Crippen MR) is 69.7 cm³/mol. The summed E-state index contributed by atoms with van der Waals surface area (Å²) in [6, 6.07) is 0. The number of aromatic nitrogens is 2. The SMILES string of the molecule is CCCCOC(C)C(=NC)NC(=O)c1cnc[nH]1. The van der Waals surface area contributed by atoms with Gasteiger partial charge in [0.05, 0.1) is 12.5 Å². The first-order chi connectivity index (χ1) is 8.69. The highest BCUT2D eigenvalue weighted by atomic mass is 16.5. The Bertz CT molecular complexity index is 387. The Kier molecular flexibility index (Phi) is 6.07. The normalized spacial score (nSPS) is 13.4. The molecule has 1 heterocycles. The van der Waals surface area contributed by atoms with Gasteiger partial charge in [-0.25, -0.2) is 4.98 Å². The minimum atomic E-state index is -0.265. The molecule has 0 fully saturated rings. The number of rotatable bonds is 6. The molecule has 0 aliphatic rings. The number of hydrogen-bond donors (Lipinski definition) is 2. The number of imidazole rings is 1. The van der Waals surface area contributed by atoms with Crippen molar-refractivity contribution in [2.75, 3.05) is 13.7 Å². The Morgan fingerprint density at radius 3 is 3.00 bits per heavy atom. The number of aromatic amines is 1. The summed E-state index contributed by atoms with van der Waals surface area (Å²) in [5.74, 6) is 0.254. The number of unbranched alkanes of at least 4 members (excludes halogenated alkanes) is 1. The average Bonchev–Trinajstić information content (AvgIpc) is 2.89. The lowest BCUT2D eigenvalue weighted by Crippen LogP contribution is -2.39. The molecule has 100 valence electrons. The van der Waals surface area contributed by atoms with Crippen LogP contribution in [0.3, 0.4) is 0 Å². The van der Waals surface area contributed by atoms with Crippen LogP contribution in [-0.2, 0) is 4.74 Å². The van der Waals surface area contributed by atoms with E-state index in [1.807, 2.05) is 6.92 Å². The van der Waals surface area contributed by atoms with Gasteiger partial charge in [-0.2, -0.15) is 0 Å². The van der Waals surface area contributed by atoms with Gasteiger partial charge in [-0.05, 0) is 13.3 Å². The molecule has 1 atom stereocenters. The second-order valence-corrected chi connectivity index (χ2v) is 3.89. The Balaban J connectivity index is 2.49. The molecule has 0 aromatic carbocycles. The highest BCUT2D eigenvalue weighted by Gasteiger charge is 2.15. The zero-order valence-corrected chi connectivity index (χ0v) is 11.1. The standard InChI is InChI=1S/C12H20N4O2/c1-4-5-6-18-9(2)11(13-3)16-12(17)10-7-14-8-15-10/h7-9H,4-6H2,1-3H3,(H,14,15)(H,13,16,17). The van der Waals surface area contributed by atoms with Gasteiger partial charge in [0.25, 0.3) is 5.91 Å². The minimum Gasteiger partial charge on any atom is -0.371 e. The second-order valence-electron chi connectivity index (χ2n) is 3.89. The summed E-state index contributed by atoms with van der Waals surface area (Å²) < 4.78 is 5.58. The summed E-state index contributed by atoms with van der Waals surface area (Å²) in [6.45, 7) is 4.63. The van der Waals surface area contributed by atoms with Crippen molar-refractivity contribution in [1.29, 1.82) is 0 Å². The van der Waals surface area contributed by atoms with Crippen LogP contribution in [-0.4, -0.2) is 41.5 Å². The average molecular weight is 252 g/mol. The molecule has 1 aromatic heterocycles. The second kappa shape index (κ2) is 7.60. The summed E-state index contributed by atoms with van der Waals surface area (Å²) >= 11 is 0. The number of H-pyrrole nitrogens is 1. The van der Waals surface area contributed by atoms with Crippen LogP contribution < -0.4 is 5.32 Å². The molecule has 0 spiro atoms. The molecule has 0 bridgehead atoms. The van der Waals surface area contributed by atoms with Crippen LogP contribution in [0.5, 0.6) is 0 Å². The number of ether oxygens (including phenoxy) is 1. The lowest BCUT2D eigenvalue weighted by molar-refractivity contribution is 0.0922. The molecule has 2 N–H and O–H groups in total. The van der Waals surface area contributed by atoms with E-state index in [0.717, 1.165) is 12.8 Å². The molecule has 0 saturated heterocycles. The lowest BCUT2D eigenvalue weighted by Gasteiger charge is -2.15. The van der Waals surface area contributed by atoms with Crippen LogP contribution in [0.2, 0.25) is 0 Å². The van der Waals surface area contributed by atoms with Crippen molar-refractivity contribution in [1.82, 2.24) is 15.3 Å². The summed E-state index contributed by atoms with van der Waals surface area (Å²) in [7, 11) is 1.63. The molecule has 0 saturated carbocycles. The molecule has 1 unspecified atom stereocenters. The van der Waals surface area contributed by atoms with E-state index in [1.165, 1.54) is 12.5 Å². The van der Waals surface area contributed by atoms with E-state index in [4.69, 9.17) is 4.74 Å². The number of aliphatic imine (C=N–C) groups is 1. The third kappa shape index (κ3) is 4.29. The largest absolute Gasteiger partial charge is 0.371 e. The van der Waals surface area contributed by atoms with Gasteiger partial charge in [-0.15, -0.1) is 0 Å². The number of nitrogens with zero attached hydrogens (tertiary/aromatic N) is 2. The third-order valence-corrected chi connectivity index (χ3v) is 2.48. The quantitative estimate of drug-likeness (QED) is 0.456. The van der Waals surface area contributed by atoms with Gasteiger partial charge < -0.3 is 15.0 Å². The van der Waals surface area contributed by atoms with Gasteiger partial charge >= 0.3 is 0 Å². The lowest BCUT2D eigenvalue weighted by atomic mass is 10.3. The Labute approximate surface area is 107 Å². The number of carbonyl (C=O) groups is 1.